The van der Waals surface area contributed by atoms with E-state index in [0.29, 0.717) is 0 Å². The number of rotatable bonds is 5. The Morgan fingerprint density at radius 1 is 1.40 bits per heavy atom. The average Bonchev–Trinajstić information content (AvgIpc) is 1.95. The summed E-state index contributed by atoms with van der Waals surface area (Å²) >= 11 is 0. The predicted octanol–water partition coefficient (Wildman–Crippen LogP) is 0.997. The fourth-order valence-corrected chi connectivity index (χ4v) is 1.10. The molecule has 0 aromatic rings. The van der Waals surface area contributed by atoms with E-state index in [1.54, 1.807) is 0 Å². The zero-order valence-electron chi connectivity index (χ0n) is 8.81. The lowest BCUT2D eigenvalue weighted by Gasteiger charge is -2.04. The lowest BCUT2D eigenvalue weighted by molar-refractivity contribution is -0.138. The first-order chi connectivity index (χ1) is 5.83. The van der Waals surface area contributed by atoms with Gasteiger partial charge in [-0.25, -0.2) is 4.79 Å². The van der Waals surface area contributed by atoms with E-state index in [4.69, 9.17) is 9.79 Å². The van der Waals surface area contributed by atoms with Gasteiger partial charge in [-0.1, -0.05) is 6.58 Å². The highest BCUT2D eigenvalue weighted by Gasteiger charge is 2.12. The predicted molar refractivity (Wildman–Crippen MR) is 57.3 cm³/mol. The number of carbonyl (C=O) groups excluding carboxylic acids is 1. The first-order valence-electron chi connectivity index (χ1n) is 3.70. The van der Waals surface area contributed by atoms with Crippen LogP contribution in [0.15, 0.2) is 12.2 Å². The number of hydrogen-bond acceptors (Lipinski definition) is 5. The largest absolute Gasteiger partial charge is 0.462 e. The zero-order valence-corrected chi connectivity index (χ0v) is 9.70. The molecule has 0 rings (SSSR count). The normalized spacial score (nSPS) is 9.53. The highest BCUT2D eigenvalue weighted by molar-refractivity contribution is 7.51. The lowest BCUT2D eigenvalue weighted by atomic mass is 10.4. The molecule has 15 heavy (non-hydrogen) atoms. The molecule has 0 atom stereocenters. The van der Waals surface area contributed by atoms with E-state index >= 15 is 0 Å². The maximum absolute atomic E-state index is 10.8. The summed E-state index contributed by atoms with van der Waals surface area (Å²) in [5, 5.41) is 0. The molecule has 0 fully saturated rings. The molecule has 0 amide bonds. The molecule has 0 aliphatic heterocycles. The molecule has 92 valence electrons. The summed E-state index contributed by atoms with van der Waals surface area (Å²) in [4.78, 5) is 27.6. The summed E-state index contributed by atoms with van der Waals surface area (Å²) in [6.45, 7) is 4.87. The summed E-state index contributed by atoms with van der Waals surface area (Å²) in [7, 11) is -3.96. The van der Waals surface area contributed by atoms with Crippen molar-refractivity contribution in [3.8, 4) is 0 Å². The summed E-state index contributed by atoms with van der Waals surface area (Å²) in [6.07, 6.45) is -0.111. The van der Waals surface area contributed by atoms with Crippen LogP contribution in [0.4, 0.5) is 0 Å². The van der Waals surface area contributed by atoms with Crippen molar-refractivity contribution in [3.05, 3.63) is 12.2 Å². The van der Waals surface area contributed by atoms with Crippen LogP contribution in [-0.4, -0.2) is 28.5 Å². The molecule has 0 aromatic carbocycles. The van der Waals surface area contributed by atoms with Crippen molar-refractivity contribution in [3.63, 3.8) is 0 Å². The molecule has 0 heterocycles. The fraction of sp³-hybridized carbons (Fsp3) is 0.571. The van der Waals surface area contributed by atoms with Gasteiger partial charge in [0.15, 0.2) is 0 Å². The maximum atomic E-state index is 10.8. The van der Waals surface area contributed by atoms with E-state index in [-0.39, 0.29) is 37.1 Å². The van der Waals surface area contributed by atoms with Crippen molar-refractivity contribution in [1.82, 2.24) is 12.3 Å². The van der Waals surface area contributed by atoms with E-state index in [1.165, 1.54) is 6.92 Å². The highest BCUT2D eigenvalue weighted by Crippen LogP contribution is 2.34. The monoisotopic (exact) mass is 242 g/mol. The van der Waals surface area contributed by atoms with E-state index in [1.807, 2.05) is 0 Å². The Hall–Kier alpha value is -0.720. The van der Waals surface area contributed by atoms with Gasteiger partial charge in [0.25, 0.3) is 0 Å². The molecule has 0 aliphatic rings. The Bertz CT molecular complexity index is 250. The van der Waals surface area contributed by atoms with E-state index in [9.17, 15) is 9.36 Å². The summed E-state index contributed by atoms with van der Waals surface area (Å²) in [5.74, 6) is -0.536. The second-order valence-corrected chi connectivity index (χ2v) is 4.43. The molecule has 0 saturated carbocycles. The van der Waals surface area contributed by atoms with Crippen molar-refractivity contribution >= 4 is 13.6 Å². The maximum Gasteiger partial charge on any atom is 0.333 e. The van der Waals surface area contributed by atoms with Gasteiger partial charge in [0.1, 0.15) is 0 Å². The molecule has 0 aliphatic carbocycles. The topological polar surface area (TPSA) is 154 Å². The van der Waals surface area contributed by atoms with Gasteiger partial charge in [0.2, 0.25) is 0 Å². The van der Waals surface area contributed by atoms with Crippen molar-refractivity contribution in [2.24, 2.45) is 0 Å². The smallest absolute Gasteiger partial charge is 0.333 e. The van der Waals surface area contributed by atoms with Gasteiger partial charge in [-0.3, -0.25) is 4.57 Å². The van der Waals surface area contributed by atoms with Gasteiger partial charge < -0.3 is 26.8 Å². The molecule has 0 unspecified atom stereocenters. The molecule has 0 radical (unpaired) electrons. The first-order valence-corrected chi connectivity index (χ1v) is 5.50. The minimum Gasteiger partial charge on any atom is -0.462 e. The third-order valence-corrected chi connectivity index (χ3v) is 2.07. The Kier molecular flexibility index (Phi) is 11.3. The van der Waals surface area contributed by atoms with Crippen molar-refractivity contribution in [1.29, 1.82) is 0 Å². The van der Waals surface area contributed by atoms with Crippen LogP contribution in [0.5, 0.6) is 0 Å². The molecule has 8 heteroatoms. The molecule has 0 saturated heterocycles. The van der Waals surface area contributed by atoms with Crippen LogP contribution in [0.25, 0.3) is 0 Å². The summed E-state index contributed by atoms with van der Waals surface area (Å²) in [6, 6.07) is 0. The Morgan fingerprint density at radius 2 is 1.87 bits per heavy atom. The minimum absolute atomic E-state index is 0. The second kappa shape index (κ2) is 8.58. The first kappa shape index (κ1) is 19.8. The minimum atomic E-state index is -3.96. The van der Waals surface area contributed by atoms with E-state index < -0.39 is 13.6 Å². The molecular formula is C7H19N2O5P. The van der Waals surface area contributed by atoms with Gasteiger partial charge in [0, 0.05) is 5.57 Å². The van der Waals surface area contributed by atoms with Gasteiger partial charge in [0.05, 0.1) is 12.8 Å². The number of carbonyl (C=O) groups is 1. The van der Waals surface area contributed by atoms with Crippen LogP contribution in [0.2, 0.25) is 0 Å². The fourth-order valence-electron chi connectivity index (χ4n) is 0.559. The van der Waals surface area contributed by atoms with Crippen molar-refractivity contribution in [2.45, 2.75) is 13.3 Å². The van der Waals surface area contributed by atoms with E-state index in [2.05, 4.69) is 11.3 Å². The molecule has 0 spiro atoms. The Labute approximate surface area is 88.8 Å². The number of esters is 1. The SMILES string of the molecule is C=C(C)C(=O)OCCCP(=O)(O)O.N.N. The van der Waals surface area contributed by atoms with Crippen LogP contribution in [0.1, 0.15) is 13.3 Å². The molecule has 7 nitrogen and oxygen atoms in total. The van der Waals surface area contributed by atoms with Gasteiger partial charge in [-0.2, -0.15) is 0 Å². The molecular weight excluding hydrogens is 223 g/mol. The summed E-state index contributed by atoms with van der Waals surface area (Å²) in [5.41, 5.74) is 0.274. The lowest BCUT2D eigenvalue weighted by Crippen LogP contribution is -2.07. The van der Waals surface area contributed by atoms with Gasteiger partial charge in [-0.05, 0) is 13.3 Å². The van der Waals surface area contributed by atoms with Crippen LogP contribution >= 0.6 is 7.60 Å². The van der Waals surface area contributed by atoms with E-state index in [0.717, 1.165) is 0 Å². The van der Waals surface area contributed by atoms with Crippen LogP contribution in [0.3, 0.4) is 0 Å². The average molecular weight is 242 g/mol. The highest BCUT2D eigenvalue weighted by atomic mass is 31.2. The van der Waals surface area contributed by atoms with Crippen molar-refractivity contribution < 1.29 is 23.9 Å². The van der Waals surface area contributed by atoms with Gasteiger partial charge in [-0.15, -0.1) is 0 Å². The third-order valence-electron chi connectivity index (χ3n) is 1.18. The quantitative estimate of drug-likeness (QED) is 0.242. The number of ether oxygens (including phenoxy) is 1. The van der Waals surface area contributed by atoms with Crippen LogP contribution < -0.4 is 12.3 Å². The zero-order chi connectivity index (χ0) is 10.5. The third kappa shape index (κ3) is 13.3. The second-order valence-electron chi connectivity index (χ2n) is 2.66. The summed E-state index contributed by atoms with van der Waals surface area (Å²) < 4.78 is 15.0. The van der Waals surface area contributed by atoms with Crippen LogP contribution in [-0.2, 0) is 14.1 Å². The molecule has 0 bridgehead atoms. The van der Waals surface area contributed by atoms with Crippen molar-refractivity contribution in [2.75, 3.05) is 12.8 Å². The standard InChI is InChI=1S/C7H13O5P.2H3N/c1-6(2)7(8)12-4-3-5-13(9,10)11;;/h1,3-5H2,2H3,(H2,9,10,11);2*1H3. The molecule has 0 aromatic heterocycles. The van der Waals surface area contributed by atoms with Crippen LogP contribution in [0, 0.1) is 0 Å². The Morgan fingerprint density at radius 3 is 2.20 bits per heavy atom. The number of hydrogen-bond donors (Lipinski definition) is 4. The Balaban J connectivity index is -0.000000720. The molecule has 8 N–H and O–H groups in total. The van der Waals surface area contributed by atoms with Gasteiger partial charge >= 0.3 is 13.6 Å².